The SMILES string of the molecule is CC[C@H](C)CN[C@@H](C)c1cccc2ccccc12. The number of hydrogen-bond donors (Lipinski definition) is 1. The van der Waals surface area contributed by atoms with Gasteiger partial charge in [0.2, 0.25) is 0 Å². The van der Waals surface area contributed by atoms with Crippen LogP contribution in [0.1, 0.15) is 38.8 Å². The Morgan fingerprint density at radius 3 is 2.50 bits per heavy atom. The Balaban J connectivity index is 2.19. The second-order valence-electron chi connectivity index (χ2n) is 5.21. The summed E-state index contributed by atoms with van der Waals surface area (Å²) in [6.07, 6.45) is 1.23. The van der Waals surface area contributed by atoms with Crippen molar-refractivity contribution >= 4 is 10.8 Å². The van der Waals surface area contributed by atoms with Crippen LogP contribution in [0.25, 0.3) is 10.8 Å². The van der Waals surface area contributed by atoms with E-state index in [1.165, 1.54) is 22.8 Å². The van der Waals surface area contributed by atoms with Gasteiger partial charge in [-0.2, -0.15) is 0 Å². The number of hydrogen-bond acceptors (Lipinski definition) is 1. The second-order valence-corrected chi connectivity index (χ2v) is 5.21. The van der Waals surface area contributed by atoms with Crippen LogP contribution < -0.4 is 5.32 Å². The van der Waals surface area contributed by atoms with Gasteiger partial charge in [-0.05, 0) is 35.7 Å². The zero-order valence-corrected chi connectivity index (χ0v) is 11.6. The van der Waals surface area contributed by atoms with E-state index in [2.05, 4.69) is 68.6 Å². The van der Waals surface area contributed by atoms with Gasteiger partial charge in [-0.3, -0.25) is 0 Å². The maximum atomic E-state index is 3.64. The van der Waals surface area contributed by atoms with Gasteiger partial charge in [-0.15, -0.1) is 0 Å². The fraction of sp³-hybridized carbons (Fsp3) is 0.412. The standard InChI is InChI=1S/C17H23N/c1-4-13(2)12-18-14(3)16-11-7-9-15-8-5-6-10-17(15)16/h5-11,13-14,18H,4,12H2,1-3H3/t13-,14-/m0/s1. The summed E-state index contributed by atoms with van der Waals surface area (Å²) in [5.74, 6) is 0.738. The van der Waals surface area contributed by atoms with E-state index >= 15 is 0 Å². The first-order valence-electron chi connectivity index (χ1n) is 6.93. The summed E-state index contributed by atoms with van der Waals surface area (Å²) in [4.78, 5) is 0. The number of benzene rings is 2. The quantitative estimate of drug-likeness (QED) is 0.810. The van der Waals surface area contributed by atoms with E-state index in [9.17, 15) is 0 Å². The number of rotatable bonds is 5. The predicted molar refractivity (Wildman–Crippen MR) is 79.8 cm³/mol. The van der Waals surface area contributed by atoms with E-state index < -0.39 is 0 Å². The van der Waals surface area contributed by atoms with Crippen molar-refractivity contribution in [3.8, 4) is 0 Å². The monoisotopic (exact) mass is 241 g/mol. The first-order chi connectivity index (χ1) is 8.72. The van der Waals surface area contributed by atoms with E-state index in [0.717, 1.165) is 12.5 Å². The molecule has 96 valence electrons. The minimum atomic E-state index is 0.408. The van der Waals surface area contributed by atoms with Crippen LogP contribution in [0.15, 0.2) is 42.5 Å². The van der Waals surface area contributed by atoms with Gasteiger partial charge in [-0.25, -0.2) is 0 Å². The Kier molecular flexibility index (Phi) is 4.38. The van der Waals surface area contributed by atoms with Crippen LogP contribution in [-0.4, -0.2) is 6.54 Å². The second kappa shape index (κ2) is 6.01. The molecule has 0 aliphatic rings. The molecule has 0 aliphatic heterocycles. The van der Waals surface area contributed by atoms with Gasteiger partial charge in [0.15, 0.2) is 0 Å². The fourth-order valence-electron chi connectivity index (χ4n) is 2.26. The lowest BCUT2D eigenvalue weighted by Gasteiger charge is -2.19. The summed E-state index contributed by atoms with van der Waals surface area (Å²) in [7, 11) is 0. The van der Waals surface area contributed by atoms with E-state index in [1.54, 1.807) is 0 Å². The molecule has 1 heteroatoms. The summed E-state index contributed by atoms with van der Waals surface area (Å²) >= 11 is 0. The number of fused-ring (bicyclic) bond motifs is 1. The highest BCUT2D eigenvalue weighted by atomic mass is 14.9. The first-order valence-corrected chi connectivity index (χ1v) is 6.93. The summed E-state index contributed by atoms with van der Waals surface area (Å²) in [5, 5.41) is 6.33. The van der Waals surface area contributed by atoms with Crippen LogP contribution >= 0.6 is 0 Å². The Labute approximate surface area is 110 Å². The maximum absolute atomic E-state index is 3.64. The Hall–Kier alpha value is -1.34. The molecular formula is C17H23N. The molecule has 0 saturated heterocycles. The molecule has 0 heterocycles. The van der Waals surface area contributed by atoms with Gasteiger partial charge in [-0.1, -0.05) is 62.7 Å². The average molecular weight is 241 g/mol. The third kappa shape index (κ3) is 2.91. The smallest absolute Gasteiger partial charge is 0.0298 e. The average Bonchev–Trinajstić information content (AvgIpc) is 2.43. The highest BCUT2D eigenvalue weighted by Gasteiger charge is 2.09. The third-order valence-corrected chi connectivity index (χ3v) is 3.76. The lowest BCUT2D eigenvalue weighted by atomic mass is 9.99. The van der Waals surface area contributed by atoms with Crippen LogP contribution in [0.4, 0.5) is 0 Å². The molecule has 1 nitrogen and oxygen atoms in total. The largest absolute Gasteiger partial charge is 0.310 e. The first kappa shape index (κ1) is 13.1. The molecule has 0 aromatic heterocycles. The Bertz CT molecular complexity index is 498. The van der Waals surface area contributed by atoms with Gasteiger partial charge in [0.25, 0.3) is 0 Å². The van der Waals surface area contributed by atoms with Gasteiger partial charge in [0, 0.05) is 6.04 Å². The van der Waals surface area contributed by atoms with Crippen molar-refractivity contribution in [2.24, 2.45) is 5.92 Å². The van der Waals surface area contributed by atoms with Crippen molar-refractivity contribution in [3.63, 3.8) is 0 Å². The summed E-state index contributed by atoms with van der Waals surface area (Å²) in [6, 6.07) is 15.6. The topological polar surface area (TPSA) is 12.0 Å². The van der Waals surface area contributed by atoms with Gasteiger partial charge in [0.05, 0.1) is 0 Å². The van der Waals surface area contributed by atoms with Crippen molar-refractivity contribution in [2.75, 3.05) is 6.54 Å². The zero-order chi connectivity index (χ0) is 13.0. The molecule has 2 rings (SSSR count). The number of nitrogens with one attached hydrogen (secondary N) is 1. The highest BCUT2D eigenvalue weighted by molar-refractivity contribution is 5.86. The van der Waals surface area contributed by atoms with E-state index in [1.807, 2.05) is 0 Å². The van der Waals surface area contributed by atoms with E-state index in [0.29, 0.717) is 6.04 Å². The molecule has 0 aliphatic carbocycles. The Morgan fingerprint density at radius 2 is 1.72 bits per heavy atom. The van der Waals surface area contributed by atoms with Gasteiger partial charge < -0.3 is 5.32 Å². The van der Waals surface area contributed by atoms with Crippen LogP contribution in [0, 0.1) is 5.92 Å². The fourth-order valence-corrected chi connectivity index (χ4v) is 2.26. The molecular weight excluding hydrogens is 218 g/mol. The maximum Gasteiger partial charge on any atom is 0.0298 e. The molecule has 0 unspecified atom stereocenters. The molecule has 0 radical (unpaired) electrons. The molecule has 0 spiro atoms. The lowest BCUT2D eigenvalue weighted by Crippen LogP contribution is -2.24. The molecule has 1 N–H and O–H groups in total. The van der Waals surface area contributed by atoms with Crippen LogP contribution in [0.5, 0.6) is 0 Å². The summed E-state index contributed by atoms with van der Waals surface area (Å²) in [5.41, 5.74) is 1.40. The van der Waals surface area contributed by atoms with Crippen LogP contribution in [0.2, 0.25) is 0 Å². The highest BCUT2D eigenvalue weighted by Crippen LogP contribution is 2.24. The normalized spacial score (nSPS) is 14.6. The van der Waals surface area contributed by atoms with Crippen molar-refractivity contribution in [2.45, 2.75) is 33.2 Å². The zero-order valence-electron chi connectivity index (χ0n) is 11.6. The molecule has 2 atom stereocenters. The molecule has 2 aromatic rings. The molecule has 0 amide bonds. The Morgan fingerprint density at radius 1 is 1.00 bits per heavy atom. The molecule has 0 fully saturated rings. The van der Waals surface area contributed by atoms with Crippen molar-refractivity contribution in [3.05, 3.63) is 48.0 Å². The third-order valence-electron chi connectivity index (χ3n) is 3.76. The van der Waals surface area contributed by atoms with Crippen molar-refractivity contribution in [1.82, 2.24) is 5.32 Å². The van der Waals surface area contributed by atoms with Gasteiger partial charge >= 0.3 is 0 Å². The van der Waals surface area contributed by atoms with Crippen LogP contribution in [0.3, 0.4) is 0 Å². The molecule has 0 saturated carbocycles. The minimum absolute atomic E-state index is 0.408. The minimum Gasteiger partial charge on any atom is -0.310 e. The molecule has 18 heavy (non-hydrogen) atoms. The summed E-state index contributed by atoms with van der Waals surface area (Å²) in [6.45, 7) is 7.88. The predicted octanol–water partition coefficient (Wildman–Crippen LogP) is 4.54. The summed E-state index contributed by atoms with van der Waals surface area (Å²) < 4.78 is 0. The van der Waals surface area contributed by atoms with Crippen molar-refractivity contribution in [1.29, 1.82) is 0 Å². The van der Waals surface area contributed by atoms with Crippen molar-refractivity contribution < 1.29 is 0 Å². The lowest BCUT2D eigenvalue weighted by molar-refractivity contribution is 0.462. The molecule has 2 aromatic carbocycles. The van der Waals surface area contributed by atoms with E-state index in [-0.39, 0.29) is 0 Å². The van der Waals surface area contributed by atoms with Crippen LogP contribution in [-0.2, 0) is 0 Å². The molecule has 0 bridgehead atoms. The van der Waals surface area contributed by atoms with E-state index in [4.69, 9.17) is 0 Å². The van der Waals surface area contributed by atoms with Gasteiger partial charge in [0.1, 0.15) is 0 Å².